The average molecular weight is 404 g/mol. The van der Waals surface area contributed by atoms with Crippen molar-refractivity contribution in [3.8, 4) is 11.5 Å². The second kappa shape index (κ2) is 9.71. The maximum atomic E-state index is 12.5. The Hall–Kier alpha value is -2.65. The highest BCUT2D eigenvalue weighted by Crippen LogP contribution is 2.25. The Labute approximate surface area is 168 Å². The fourth-order valence-electron chi connectivity index (χ4n) is 2.94. The van der Waals surface area contributed by atoms with Crippen molar-refractivity contribution < 1.29 is 39.1 Å². The molecule has 0 saturated carbocycles. The standard InChI is InChI=1S/C21H24O8/c1-26-15-7-14(8-16(9-15)27-11-13-5-3-2-4-6-13)21(25)28-12-18-20(24)17(22)10-19(23)29-18/h2-9,17-20,22-24H,10-12H2,1H3. The number of benzene rings is 2. The van der Waals surface area contributed by atoms with Crippen LogP contribution in [0.2, 0.25) is 0 Å². The molecule has 156 valence electrons. The zero-order chi connectivity index (χ0) is 20.8. The first-order valence-corrected chi connectivity index (χ1v) is 9.19. The third-order valence-electron chi connectivity index (χ3n) is 4.53. The number of methoxy groups -OCH3 is 1. The van der Waals surface area contributed by atoms with Crippen molar-refractivity contribution in [3.63, 3.8) is 0 Å². The second-order valence-electron chi connectivity index (χ2n) is 6.69. The molecule has 3 N–H and O–H groups in total. The van der Waals surface area contributed by atoms with Gasteiger partial charge in [-0.2, -0.15) is 0 Å². The minimum Gasteiger partial charge on any atom is -0.497 e. The first kappa shape index (κ1) is 21.1. The summed E-state index contributed by atoms with van der Waals surface area (Å²) in [6.07, 6.45) is -4.79. The smallest absolute Gasteiger partial charge is 0.338 e. The number of hydrogen-bond acceptors (Lipinski definition) is 8. The van der Waals surface area contributed by atoms with E-state index in [9.17, 15) is 20.1 Å². The molecule has 4 atom stereocenters. The Morgan fingerprint density at radius 3 is 2.55 bits per heavy atom. The molecule has 8 heteroatoms. The summed E-state index contributed by atoms with van der Waals surface area (Å²) in [6, 6.07) is 14.2. The first-order valence-electron chi connectivity index (χ1n) is 9.19. The molecule has 1 fully saturated rings. The number of aliphatic hydroxyl groups excluding tert-OH is 3. The highest BCUT2D eigenvalue weighted by molar-refractivity contribution is 5.90. The molecule has 1 saturated heterocycles. The summed E-state index contributed by atoms with van der Waals surface area (Å²) in [5.41, 5.74) is 1.17. The van der Waals surface area contributed by atoms with E-state index in [1.54, 1.807) is 6.07 Å². The Balaban J connectivity index is 1.64. The van der Waals surface area contributed by atoms with Gasteiger partial charge in [0.15, 0.2) is 6.29 Å². The molecule has 29 heavy (non-hydrogen) atoms. The number of esters is 1. The molecule has 0 aliphatic carbocycles. The van der Waals surface area contributed by atoms with E-state index < -0.39 is 30.6 Å². The number of aliphatic hydroxyl groups is 3. The van der Waals surface area contributed by atoms with Gasteiger partial charge in [0.25, 0.3) is 0 Å². The highest BCUT2D eigenvalue weighted by Gasteiger charge is 2.36. The third-order valence-corrected chi connectivity index (χ3v) is 4.53. The van der Waals surface area contributed by atoms with Crippen LogP contribution in [0.3, 0.4) is 0 Å². The first-order chi connectivity index (χ1) is 14.0. The largest absolute Gasteiger partial charge is 0.497 e. The van der Waals surface area contributed by atoms with Crippen LogP contribution in [0.15, 0.2) is 48.5 Å². The van der Waals surface area contributed by atoms with E-state index >= 15 is 0 Å². The predicted octanol–water partition coefficient (Wildman–Crippen LogP) is 1.26. The molecule has 1 aliphatic heterocycles. The van der Waals surface area contributed by atoms with E-state index in [1.165, 1.54) is 19.2 Å². The number of carbonyl (C=O) groups excluding carboxylic acids is 1. The Morgan fingerprint density at radius 2 is 1.83 bits per heavy atom. The summed E-state index contributed by atoms with van der Waals surface area (Å²) >= 11 is 0. The highest BCUT2D eigenvalue weighted by atomic mass is 16.6. The molecular weight excluding hydrogens is 380 g/mol. The summed E-state index contributed by atoms with van der Waals surface area (Å²) in [7, 11) is 1.47. The lowest BCUT2D eigenvalue weighted by molar-refractivity contribution is -0.239. The summed E-state index contributed by atoms with van der Waals surface area (Å²) in [6.45, 7) is -0.00802. The van der Waals surface area contributed by atoms with E-state index in [-0.39, 0.29) is 18.6 Å². The summed E-state index contributed by atoms with van der Waals surface area (Å²) in [4.78, 5) is 12.5. The van der Waals surface area contributed by atoms with E-state index in [4.69, 9.17) is 18.9 Å². The van der Waals surface area contributed by atoms with Gasteiger partial charge < -0.3 is 34.3 Å². The van der Waals surface area contributed by atoms with Gasteiger partial charge in [-0.25, -0.2) is 4.79 Å². The molecule has 8 nitrogen and oxygen atoms in total. The Kier molecular flexibility index (Phi) is 7.05. The van der Waals surface area contributed by atoms with Crippen LogP contribution in [0.4, 0.5) is 0 Å². The maximum absolute atomic E-state index is 12.5. The summed E-state index contributed by atoms with van der Waals surface area (Å²) in [5.74, 6) is 0.168. The Bertz CT molecular complexity index is 810. The molecule has 0 amide bonds. The molecule has 0 aromatic heterocycles. The van der Waals surface area contributed by atoms with Crippen molar-refractivity contribution in [2.45, 2.75) is 37.6 Å². The van der Waals surface area contributed by atoms with Crippen molar-refractivity contribution >= 4 is 5.97 Å². The minimum atomic E-state index is -1.26. The number of rotatable bonds is 7. The summed E-state index contributed by atoms with van der Waals surface area (Å²) in [5, 5.41) is 29.2. The van der Waals surface area contributed by atoms with Gasteiger partial charge in [0.05, 0.1) is 18.8 Å². The molecule has 0 bridgehead atoms. The fourth-order valence-corrected chi connectivity index (χ4v) is 2.94. The molecular formula is C21H24O8. The van der Waals surface area contributed by atoms with Crippen LogP contribution >= 0.6 is 0 Å². The second-order valence-corrected chi connectivity index (χ2v) is 6.69. The van der Waals surface area contributed by atoms with Gasteiger partial charge >= 0.3 is 5.97 Å². The van der Waals surface area contributed by atoms with E-state index in [1.807, 2.05) is 30.3 Å². The Morgan fingerprint density at radius 1 is 1.10 bits per heavy atom. The zero-order valence-electron chi connectivity index (χ0n) is 15.9. The molecule has 2 aromatic carbocycles. The van der Waals surface area contributed by atoms with Gasteiger partial charge in [0.1, 0.15) is 36.9 Å². The molecule has 3 rings (SSSR count). The lowest BCUT2D eigenvalue weighted by Gasteiger charge is -2.34. The van der Waals surface area contributed by atoms with Crippen molar-refractivity contribution in [1.29, 1.82) is 0 Å². The van der Waals surface area contributed by atoms with Gasteiger partial charge in [-0.15, -0.1) is 0 Å². The van der Waals surface area contributed by atoms with Gasteiger partial charge in [-0.1, -0.05) is 30.3 Å². The average Bonchev–Trinajstić information content (AvgIpc) is 2.74. The molecule has 0 radical (unpaired) electrons. The van der Waals surface area contributed by atoms with E-state index in [0.717, 1.165) is 5.56 Å². The fraction of sp³-hybridized carbons (Fsp3) is 0.381. The van der Waals surface area contributed by atoms with Gasteiger partial charge in [-0.05, 0) is 17.7 Å². The van der Waals surface area contributed by atoms with Crippen LogP contribution in [0.25, 0.3) is 0 Å². The molecule has 1 heterocycles. The summed E-state index contributed by atoms with van der Waals surface area (Å²) < 4.78 is 21.3. The number of hydrogen-bond donors (Lipinski definition) is 3. The van der Waals surface area contributed by atoms with Crippen LogP contribution in [-0.4, -0.2) is 59.6 Å². The zero-order valence-corrected chi connectivity index (χ0v) is 15.9. The van der Waals surface area contributed by atoms with E-state index in [0.29, 0.717) is 18.1 Å². The lowest BCUT2D eigenvalue weighted by Crippen LogP contribution is -2.50. The molecule has 0 spiro atoms. The van der Waals surface area contributed by atoms with Crippen LogP contribution in [0.5, 0.6) is 11.5 Å². The minimum absolute atomic E-state index is 0.108. The molecule has 4 unspecified atom stereocenters. The van der Waals surface area contributed by atoms with Crippen molar-refractivity contribution in [2.24, 2.45) is 0 Å². The van der Waals surface area contributed by atoms with Crippen LogP contribution in [0, 0.1) is 0 Å². The maximum Gasteiger partial charge on any atom is 0.338 e. The van der Waals surface area contributed by atoms with Crippen molar-refractivity contribution in [2.75, 3.05) is 13.7 Å². The number of carbonyl (C=O) groups is 1. The third kappa shape index (κ3) is 5.68. The normalized spacial score (nSPS) is 24.0. The lowest BCUT2D eigenvalue weighted by atomic mass is 10.0. The molecule has 2 aromatic rings. The quantitative estimate of drug-likeness (QED) is 0.591. The van der Waals surface area contributed by atoms with Crippen LogP contribution in [-0.2, 0) is 16.1 Å². The molecule has 1 aliphatic rings. The van der Waals surface area contributed by atoms with E-state index in [2.05, 4.69) is 0 Å². The van der Waals surface area contributed by atoms with Gasteiger partial charge in [0.2, 0.25) is 0 Å². The number of ether oxygens (including phenoxy) is 4. The monoisotopic (exact) mass is 404 g/mol. The SMILES string of the molecule is COc1cc(OCc2ccccc2)cc(C(=O)OCC2OC(O)CC(O)C2O)c1. The predicted molar refractivity (Wildman–Crippen MR) is 102 cm³/mol. The topological polar surface area (TPSA) is 115 Å². The van der Waals surface area contributed by atoms with Gasteiger partial charge in [0, 0.05) is 12.5 Å². The van der Waals surface area contributed by atoms with Gasteiger partial charge in [-0.3, -0.25) is 0 Å². The van der Waals surface area contributed by atoms with Crippen molar-refractivity contribution in [1.82, 2.24) is 0 Å². The van der Waals surface area contributed by atoms with Crippen LogP contribution in [0.1, 0.15) is 22.3 Å². The van der Waals surface area contributed by atoms with Crippen LogP contribution < -0.4 is 9.47 Å². The van der Waals surface area contributed by atoms with Crippen molar-refractivity contribution in [3.05, 3.63) is 59.7 Å².